The molecule has 0 saturated carbocycles. The van der Waals surface area contributed by atoms with E-state index in [0.717, 1.165) is 5.69 Å². The van der Waals surface area contributed by atoms with Gasteiger partial charge >= 0.3 is 11.9 Å². The highest BCUT2D eigenvalue weighted by atomic mass is 19.1. The van der Waals surface area contributed by atoms with Crippen molar-refractivity contribution in [3.63, 3.8) is 0 Å². The minimum atomic E-state index is -0.753. The molecule has 0 radical (unpaired) electrons. The number of hydrogen-bond acceptors (Lipinski definition) is 6. The lowest BCUT2D eigenvalue weighted by Crippen LogP contribution is -2.33. The summed E-state index contributed by atoms with van der Waals surface area (Å²) in [7, 11) is 0. The number of aliphatic hydroxyl groups excluding tert-OH is 1. The SMILES string of the molecule is CCOC(=O)c1c(-c2ccc(C#N)cc2)c(-c2ccc(F)cc2)n(CC[C@@H]2C[C@@H](O)CC(=O)O2)c1C(C)C. The molecule has 0 aliphatic carbocycles. The molecule has 38 heavy (non-hydrogen) atoms. The van der Waals surface area contributed by atoms with Crippen molar-refractivity contribution in [2.75, 3.05) is 6.61 Å². The van der Waals surface area contributed by atoms with Crippen molar-refractivity contribution >= 4 is 11.9 Å². The fourth-order valence-corrected chi connectivity index (χ4v) is 5.09. The first-order chi connectivity index (χ1) is 18.2. The molecule has 3 aromatic rings. The normalized spacial score (nSPS) is 17.2. The Kier molecular flexibility index (Phi) is 8.28. The molecule has 8 heteroatoms. The number of halogens is 1. The van der Waals surface area contributed by atoms with E-state index in [1.165, 1.54) is 12.1 Å². The average molecular weight is 519 g/mol. The molecule has 4 rings (SSSR count). The van der Waals surface area contributed by atoms with Crippen LogP contribution in [-0.2, 0) is 20.8 Å². The van der Waals surface area contributed by atoms with Crippen LogP contribution in [0.1, 0.15) is 67.6 Å². The zero-order valence-corrected chi connectivity index (χ0v) is 21.7. The van der Waals surface area contributed by atoms with Crippen LogP contribution in [0.5, 0.6) is 0 Å². The van der Waals surface area contributed by atoms with Gasteiger partial charge in [-0.05, 0) is 60.4 Å². The number of cyclic esters (lactones) is 1. The van der Waals surface area contributed by atoms with Crippen molar-refractivity contribution in [1.29, 1.82) is 5.26 Å². The lowest BCUT2D eigenvalue weighted by atomic mass is 9.94. The van der Waals surface area contributed by atoms with E-state index in [9.17, 15) is 24.3 Å². The smallest absolute Gasteiger partial charge is 0.340 e. The molecule has 2 aromatic carbocycles. The molecule has 1 aliphatic heterocycles. The monoisotopic (exact) mass is 518 g/mol. The number of esters is 2. The summed E-state index contributed by atoms with van der Waals surface area (Å²) in [6.07, 6.45) is -0.493. The van der Waals surface area contributed by atoms with Gasteiger partial charge in [-0.25, -0.2) is 9.18 Å². The predicted molar refractivity (Wildman–Crippen MR) is 140 cm³/mol. The van der Waals surface area contributed by atoms with Crippen molar-refractivity contribution in [3.8, 4) is 28.5 Å². The fourth-order valence-electron chi connectivity index (χ4n) is 5.09. The predicted octanol–water partition coefficient (Wildman–Crippen LogP) is 5.59. The van der Waals surface area contributed by atoms with Crippen LogP contribution in [0.4, 0.5) is 4.39 Å². The van der Waals surface area contributed by atoms with Crippen LogP contribution in [0.15, 0.2) is 48.5 Å². The molecular formula is C30H31FN2O5. The molecule has 1 N–H and O–H groups in total. The topological polar surface area (TPSA) is 102 Å². The Morgan fingerprint density at radius 3 is 2.42 bits per heavy atom. The summed E-state index contributed by atoms with van der Waals surface area (Å²) in [5.41, 5.74) is 4.37. The lowest BCUT2D eigenvalue weighted by Gasteiger charge is -2.27. The van der Waals surface area contributed by atoms with Crippen molar-refractivity contribution in [1.82, 2.24) is 4.57 Å². The Morgan fingerprint density at radius 2 is 1.84 bits per heavy atom. The molecule has 2 heterocycles. The molecule has 0 amide bonds. The summed E-state index contributed by atoms with van der Waals surface area (Å²) < 4.78 is 26.9. The summed E-state index contributed by atoms with van der Waals surface area (Å²) >= 11 is 0. The van der Waals surface area contributed by atoms with E-state index in [1.807, 2.05) is 18.4 Å². The van der Waals surface area contributed by atoms with Gasteiger partial charge in [0.25, 0.3) is 0 Å². The molecule has 0 bridgehead atoms. The van der Waals surface area contributed by atoms with Crippen LogP contribution in [0.25, 0.3) is 22.4 Å². The molecule has 0 spiro atoms. The van der Waals surface area contributed by atoms with Crippen molar-refractivity contribution in [2.24, 2.45) is 0 Å². The zero-order chi connectivity index (χ0) is 27.4. The van der Waals surface area contributed by atoms with Gasteiger partial charge in [0.2, 0.25) is 0 Å². The van der Waals surface area contributed by atoms with E-state index >= 15 is 0 Å². The van der Waals surface area contributed by atoms with Gasteiger partial charge in [0, 0.05) is 30.6 Å². The summed E-state index contributed by atoms with van der Waals surface area (Å²) in [6, 6.07) is 15.1. The molecule has 1 fully saturated rings. The van der Waals surface area contributed by atoms with Crippen LogP contribution in [0.2, 0.25) is 0 Å². The van der Waals surface area contributed by atoms with E-state index in [2.05, 4.69) is 6.07 Å². The maximum atomic E-state index is 13.9. The highest BCUT2D eigenvalue weighted by Gasteiger charge is 2.33. The second kappa shape index (κ2) is 11.6. The van der Waals surface area contributed by atoms with Crippen molar-refractivity contribution in [3.05, 3.63) is 71.2 Å². The number of benzene rings is 2. The second-order valence-electron chi connectivity index (χ2n) is 9.70. The van der Waals surface area contributed by atoms with Crippen LogP contribution in [0, 0.1) is 17.1 Å². The first-order valence-electron chi connectivity index (χ1n) is 12.8. The molecule has 1 saturated heterocycles. The van der Waals surface area contributed by atoms with Gasteiger partial charge < -0.3 is 19.1 Å². The number of ether oxygens (including phenoxy) is 2. The first-order valence-corrected chi connectivity index (χ1v) is 12.8. The van der Waals surface area contributed by atoms with Crippen molar-refractivity contribution < 1.29 is 28.6 Å². The van der Waals surface area contributed by atoms with E-state index in [1.54, 1.807) is 43.3 Å². The van der Waals surface area contributed by atoms with E-state index in [4.69, 9.17) is 9.47 Å². The molecular weight excluding hydrogens is 487 g/mol. The summed E-state index contributed by atoms with van der Waals surface area (Å²) in [5, 5.41) is 19.4. The largest absolute Gasteiger partial charge is 0.462 e. The Bertz CT molecular complexity index is 1350. The first kappa shape index (κ1) is 27.1. The number of carbonyl (C=O) groups is 2. The Labute approximate surface area is 221 Å². The number of hydrogen-bond donors (Lipinski definition) is 1. The number of aromatic nitrogens is 1. The maximum absolute atomic E-state index is 13.9. The molecule has 2 atom stereocenters. The third kappa shape index (κ3) is 5.63. The maximum Gasteiger partial charge on any atom is 0.340 e. The van der Waals surface area contributed by atoms with Crippen LogP contribution in [0.3, 0.4) is 0 Å². The highest BCUT2D eigenvalue weighted by Crippen LogP contribution is 2.43. The van der Waals surface area contributed by atoms with Gasteiger partial charge in [-0.3, -0.25) is 4.79 Å². The number of aliphatic hydroxyl groups is 1. The van der Waals surface area contributed by atoms with Gasteiger partial charge in [-0.2, -0.15) is 5.26 Å². The van der Waals surface area contributed by atoms with Gasteiger partial charge in [-0.1, -0.05) is 26.0 Å². The Morgan fingerprint density at radius 1 is 1.18 bits per heavy atom. The zero-order valence-electron chi connectivity index (χ0n) is 21.7. The summed E-state index contributed by atoms with van der Waals surface area (Å²) in [5.74, 6) is -1.39. The van der Waals surface area contributed by atoms with Gasteiger partial charge in [0.1, 0.15) is 11.9 Å². The standard InChI is InChI=1S/C30H31FN2O5/c1-4-37-30(36)27-26(20-7-5-19(17-32)6-8-20)29(21-9-11-22(31)12-10-21)33(28(27)18(2)3)14-13-24-15-23(34)16-25(35)38-24/h5-12,18,23-24,34H,4,13-16H2,1-3H3/t23-,24-/m1/s1. The highest BCUT2D eigenvalue weighted by molar-refractivity contribution is 6.04. The number of carbonyl (C=O) groups excluding carboxylic acids is 2. The quantitative estimate of drug-likeness (QED) is 0.390. The third-order valence-electron chi connectivity index (χ3n) is 6.66. The average Bonchev–Trinajstić information content (AvgIpc) is 3.23. The third-order valence-corrected chi connectivity index (χ3v) is 6.66. The van der Waals surface area contributed by atoms with Gasteiger partial charge in [-0.15, -0.1) is 0 Å². The van der Waals surface area contributed by atoms with Crippen LogP contribution in [-0.4, -0.2) is 40.4 Å². The number of nitriles is 1. The van der Waals surface area contributed by atoms with Gasteiger partial charge in [0.15, 0.2) is 0 Å². The van der Waals surface area contributed by atoms with Gasteiger partial charge in [0.05, 0.1) is 42.0 Å². The number of nitrogens with zero attached hydrogens (tertiary/aromatic N) is 2. The molecule has 7 nitrogen and oxygen atoms in total. The minimum Gasteiger partial charge on any atom is -0.462 e. The van der Waals surface area contributed by atoms with E-state index in [-0.39, 0.29) is 24.8 Å². The Balaban J connectivity index is 1.96. The molecule has 0 unspecified atom stereocenters. The summed E-state index contributed by atoms with van der Waals surface area (Å²) in [4.78, 5) is 25.4. The van der Waals surface area contributed by atoms with Crippen LogP contribution < -0.4 is 0 Å². The van der Waals surface area contributed by atoms with Crippen molar-refractivity contribution in [2.45, 2.75) is 64.7 Å². The molecule has 1 aromatic heterocycles. The fraction of sp³-hybridized carbons (Fsp3) is 0.367. The lowest BCUT2D eigenvalue weighted by molar-refractivity contribution is -0.160. The van der Waals surface area contributed by atoms with Crippen LogP contribution >= 0.6 is 0 Å². The molecule has 1 aliphatic rings. The second-order valence-corrected chi connectivity index (χ2v) is 9.70. The Hall–Kier alpha value is -3.96. The van der Waals surface area contributed by atoms with E-state index < -0.39 is 24.1 Å². The molecule has 198 valence electrons. The van der Waals surface area contributed by atoms with E-state index in [0.29, 0.717) is 52.9 Å². The summed E-state index contributed by atoms with van der Waals surface area (Å²) in [6.45, 7) is 6.28. The minimum absolute atomic E-state index is 0.0199. The number of rotatable bonds is 8.